The summed E-state index contributed by atoms with van der Waals surface area (Å²) in [6.07, 6.45) is -0.789. The van der Waals surface area contributed by atoms with E-state index in [2.05, 4.69) is 5.32 Å². The number of carbonyl (C=O) groups excluding carboxylic acids is 1. The molecule has 0 unspecified atom stereocenters. The van der Waals surface area contributed by atoms with E-state index in [1.54, 1.807) is 13.0 Å². The van der Waals surface area contributed by atoms with Crippen molar-refractivity contribution in [1.29, 1.82) is 0 Å². The van der Waals surface area contributed by atoms with Crippen molar-refractivity contribution in [3.63, 3.8) is 0 Å². The SMILES string of the molecule is Cc1ccc(O[C@H](C)C(=O)Nc2cc([N+](=O)[O-])ccc2Cl)cc1C. The summed E-state index contributed by atoms with van der Waals surface area (Å²) >= 11 is 5.97. The van der Waals surface area contributed by atoms with Crippen molar-refractivity contribution in [2.24, 2.45) is 0 Å². The van der Waals surface area contributed by atoms with Gasteiger partial charge in [0.25, 0.3) is 11.6 Å². The van der Waals surface area contributed by atoms with Gasteiger partial charge in [-0.25, -0.2) is 0 Å². The van der Waals surface area contributed by atoms with E-state index in [0.29, 0.717) is 5.75 Å². The minimum Gasteiger partial charge on any atom is -0.481 e. The number of benzene rings is 2. The molecule has 1 amide bonds. The number of nitrogens with one attached hydrogen (secondary N) is 1. The average Bonchev–Trinajstić information content (AvgIpc) is 2.52. The smallest absolute Gasteiger partial charge is 0.271 e. The maximum absolute atomic E-state index is 12.2. The summed E-state index contributed by atoms with van der Waals surface area (Å²) in [4.78, 5) is 22.5. The van der Waals surface area contributed by atoms with Crippen molar-refractivity contribution in [2.75, 3.05) is 5.32 Å². The molecule has 6 nitrogen and oxygen atoms in total. The van der Waals surface area contributed by atoms with Crippen LogP contribution < -0.4 is 10.1 Å². The Hall–Kier alpha value is -2.60. The van der Waals surface area contributed by atoms with Crippen LogP contribution in [0.3, 0.4) is 0 Å². The topological polar surface area (TPSA) is 81.5 Å². The molecule has 0 radical (unpaired) electrons. The number of halogens is 1. The summed E-state index contributed by atoms with van der Waals surface area (Å²) in [6, 6.07) is 9.39. The van der Waals surface area contributed by atoms with E-state index in [1.807, 2.05) is 26.0 Å². The van der Waals surface area contributed by atoms with E-state index < -0.39 is 16.9 Å². The van der Waals surface area contributed by atoms with Crippen LogP contribution in [0.4, 0.5) is 11.4 Å². The summed E-state index contributed by atoms with van der Waals surface area (Å²) in [5, 5.41) is 13.6. The van der Waals surface area contributed by atoms with Gasteiger partial charge in [-0.3, -0.25) is 14.9 Å². The number of rotatable bonds is 5. The lowest BCUT2D eigenvalue weighted by Gasteiger charge is -2.16. The van der Waals surface area contributed by atoms with E-state index in [-0.39, 0.29) is 16.4 Å². The highest BCUT2D eigenvalue weighted by molar-refractivity contribution is 6.33. The molecule has 0 bridgehead atoms. The van der Waals surface area contributed by atoms with Crippen molar-refractivity contribution < 1.29 is 14.5 Å². The van der Waals surface area contributed by atoms with Crippen LogP contribution in [0.2, 0.25) is 5.02 Å². The predicted molar refractivity (Wildman–Crippen MR) is 92.7 cm³/mol. The van der Waals surface area contributed by atoms with Crippen LogP contribution in [0.25, 0.3) is 0 Å². The largest absolute Gasteiger partial charge is 0.481 e. The lowest BCUT2D eigenvalue weighted by molar-refractivity contribution is -0.384. The van der Waals surface area contributed by atoms with Gasteiger partial charge < -0.3 is 10.1 Å². The van der Waals surface area contributed by atoms with E-state index in [1.165, 1.54) is 18.2 Å². The van der Waals surface area contributed by atoms with Crippen LogP contribution in [-0.2, 0) is 4.79 Å². The summed E-state index contributed by atoms with van der Waals surface area (Å²) in [5.74, 6) is 0.126. The molecule has 0 fully saturated rings. The van der Waals surface area contributed by atoms with E-state index in [4.69, 9.17) is 16.3 Å². The highest BCUT2D eigenvalue weighted by Gasteiger charge is 2.18. The lowest BCUT2D eigenvalue weighted by Crippen LogP contribution is -2.30. The first-order valence-electron chi connectivity index (χ1n) is 7.26. The molecule has 0 saturated carbocycles. The van der Waals surface area contributed by atoms with Gasteiger partial charge in [-0.05, 0) is 50.1 Å². The Morgan fingerprint density at radius 1 is 1.21 bits per heavy atom. The van der Waals surface area contributed by atoms with E-state index in [0.717, 1.165) is 11.1 Å². The van der Waals surface area contributed by atoms with Gasteiger partial charge in [-0.1, -0.05) is 17.7 Å². The average molecular weight is 349 g/mol. The summed E-state index contributed by atoms with van der Waals surface area (Å²) in [5.41, 5.74) is 2.20. The molecule has 7 heteroatoms. The van der Waals surface area contributed by atoms with Crippen LogP contribution in [0, 0.1) is 24.0 Å². The zero-order valence-corrected chi connectivity index (χ0v) is 14.3. The number of aryl methyl sites for hydroxylation is 2. The molecule has 0 aliphatic heterocycles. The molecule has 2 aromatic carbocycles. The van der Waals surface area contributed by atoms with Gasteiger partial charge in [0.15, 0.2) is 6.10 Å². The summed E-state index contributed by atoms with van der Waals surface area (Å²) < 4.78 is 5.61. The first-order chi connectivity index (χ1) is 11.3. The first-order valence-corrected chi connectivity index (χ1v) is 7.64. The fourth-order valence-electron chi connectivity index (χ4n) is 2.00. The number of amides is 1. The minimum absolute atomic E-state index is 0.155. The van der Waals surface area contributed by atoms with E-state index in [9.17, 15) is 14.9 Å². The molecule has 0 aliphatic carbocycles. The Bertz CT molecular complexity index is 792. The van der Waals surface area contributed by atoms with Crippen molar-refractivity contribution in [1.82, 2.24) is 0 Å². The van der Waals surface area contributed by atoms with Crippen LogP contribution >= 0.6 is 11.6 Å². The van der Waals surface area contributed by atoms with Crippen molar-refractivity contribution in [2.45, 2.75) is 26.9 Å². The molecular weight excluding hydrogens is 332 g/mol. The predicted octanol–water partition coefficient (Wildman–Crippen LogP) is 4.27. The molecule has 0 aliphatic rings. The number of nitro groups is 1. The minimum atomic E-state index is -0.789. The third-order valence-corrected chi connectivity index (χ3v) is 3.91. The van der Waals surface area contributed by atoms with Gasteiger partial charge in [0, 0.05) is 12.1 Å². The third kappa shape index (κ3) is 4.23. The number of ether oxygens (including phenoxy) is 1. The molecule has 1 atom stereocenters. The molecule has 0 saturated heterocycles. The highest BCUT2D eigenvalue weighted by atomic mass is 35.5. The van der Waals surface area contributed by atoms with Crippen LogP contribution in [0.15, 0.2) is 36.4 Å². The number of anilines is 1. The molecule has 2 aromatic rings. The zero-order chi connectivity index (χ0) is 17.9. The highest BCUT2D eigenvalue weighted by Crippen LogP contribution is 2.27. The van der Waals surface area contributed by atoms with Crippen molar-refractivity contribution in [3.05, 3.63) is 62.7 Å². The Morgan fingerprint density at radius 2 is 1.92 bits per heavy atom. The van der Waals surface area contributed by atoms with Crippen molar-refractivity contribution in [3.8, 4) is 5.75 Å². The molecule has 24 heavy (non-hydrogen) atoms. The van der Waals surface area contributed by atoms with Crippen LogP contribution in [0.1, 0.15) is 18.1 Å². The molecule has 126 valence electrons. The van der Waals surface area contributed by atoms with Crippen molar-refractivity contribution >= 4 is 28.9 Å². The van der Waals surface area contributed by atoms with E-state index >= 15 is 0 Å². The standard InChI is InChI=1S/C17H17ClN2O4/c1-10-4-6-14(8-11(10)2)24-12(3)17(21)19-16-9-13(20(22)23)5-7-15(16)18/h4-9,12H,1-3H3,(H,19,21)/t12-/m1/s1. The third-order valence-electron chi connectivity index (χ3n) is 3.58. The maximum atomic E-state index is 12.2. The molecular formula is C17H17ClN2O4. The Kier molecular flexibility index (Phi) is 5.41. The second-order valence-electron chi connectivity index (χ2n) is 5.42. The molecule has 0 heterocycles. The van der Waals surface area contributed by atoms with Gasteiger partial charge in [-0.15, -0.1) is 0 Å². The molecule has 2 rings (SSSR count). The molecule has 1 N–H and O–H groups in total. The van der Waals surface area contributed by atoms with Gasteiger partial charge in [0.2, 0.25) is 0 Å². The number of carbonyl (C=O) groups is 1. The fourth-order valence-corrected chi connectivity index (χ4v) is 2.17. The number of nitrogens with zero attached hydrogens (tertiary/aromatic N) is 1. The maximum Gasteiger partial charge on any atom is 0.271 e. The van der Waals surface area contributed by atoms with Gasteiger partial charge in [0.1, 0.15) is 5.75 Å². The Morgan fingerprint density at radius 3 is 2.54 bits per heavy atom. The van der Waals surface area contributed by atoms with Crippen LogP contribution in [0.5, 0.6) is 5.75 Å². The second kappa shape index (κ2) is 7.31. The number of hydrogen-bond donors (Lipinski definition) is 1. The lowest BCUT2D eigenvalue weighted by atomic mass is 10.1. The zero-order valence-electron chi connectivity index (χ0n) is 13.5. The number of hydrogen-bond acceptors (Lipinski definition) is 4. The number of nitro benzene ring substituents is 1. The monoisotopic (exact) mass is 348 g/mol. The molecule has 0 spiro atoms. The van der Waals surface area contributed by atoms with Gasteiger partial charge in [0.05, 0.1) is 15.6 Å². The normalized spacial score (nSPS) is 11.7. The summed E-state index contributed by atoms with van der Waals surface area (Å²) in [6.45, 7) is 5.53. The van der Waals surface area contributed by atoms with Gasteiger partial charge >= 0.3 is 0 Å². The Labute approximate surface area is 144 Å². The van der Waals surface area contributed by atoms with Gasteiger partial charge in [-0.2, -0.15) is 0 Å². The summed E-state index contributed by atoms with van der Waals surface area (Å²) in [7, 11) is 0. The number of non-ortho nitro benzene ring substituents is 1. The van der Waals surface area contributed by atoms with Crippen LogP contribution in [-0.4, -0.2) is 16.9 Å². The quantitative estimate of drug-likeness (QED) is 0.646. The first kappa shape index (κ1) is 17.7. The second-order valence-corrected chi connectivity index (χ2v) is 5.82. The fraction of sp³-hybridized carbons (Fsp3) is 0.235. The molecule has 0 aromatic heterocycles. The Balaban J connectivity index is 2.10.